The van der Waals surface area contributed by atoms with Crippen LogP contribution in [0.15, 0.2) is 48.5 Å². The number of hydrogen-bond donors (Lipinski definition) is 2. The summed E-state index contributed by atoms with van der Waals surface area (Å²) in [6.07, 6.45) is -4.77. The molecule has 2 aromatic rings. The molecule has 0 radical (unpaired) electrons. The van der Waals surface area contributed by atoms with Crippen LogP contribution in [0.3, 0.4) is 0 Å². The van der Waals surface area contributed by atoms with E-state index in [2.05, 4.69) is 15.4 Å². The van der Waals surface area contributed by atoms with Gasteiger partial charge in [-0.25, -0.2) is 4.79 Å². The van der Waals surface area contributed by atoms with E-state index in [-0.39, 0.29) is 18.3 Å². The standard InChI is InChI=1S/C20H22F3N3O3/c1-26-13-19(25-18(26)27,15-6-4-3-5-7-15)12-24-11-14-10-16(29-20(21,22)23)8-9-17(14)28-2/h3-10,24H,11-13H2,1-2H3,(H,25,27). The smallest absolute Gasteiger partial charge is 0.496 e. The molecule has 1 unspecified atom stereocenters. The molecule has 1 fully saturated rings. The van der Waals surface area contributed by atoms with Gasteiger partial charge in [0.05, 0.1) is 19.2 Å². The average Bonchev–Trinajstić information content (AvgIpc) is 2.96. The molecule has 0 spiro atoms. The number of carbonyl (C=O) groups excluding carboxylic acids is 1. The normalized spacial score (nSPS) is 19.2. The number of hydrogen-bond acceptors (Lipinski definition) is 4. The van der Waals surface area contributed by atoms with Gasteiger partial charge in [-0.15, -0.1) is 13.2 Å². The minimum atomic E-state index is -4.77. The highest BCUT2D eigenvalue weighted by Crippen LogP contribution is 2.30. The van der Waals surface area contributed by atoms with Crippen molar-refractivity contribution in [2.75, 3.05) is 27.2 Å². The molecule has 1 saturated heterocycles. The molecule has 1 atom stereocenters. The Kier molecular flexibility index (Phi) is 5.88. The van der Waals surface area contributed by atoms with Gasteiger partial charge in [0.25, 0.3) is 0 Å². The maximum atomic E-state index is 12.5. The van der Waals surface area contributed by atoms with Crippen LogP contribution in [0.25, 0.3) is 0 Å². The van der Waals surface area contributed by atoms with E-state index in [4.69, 9.17) is 4.74 Å². The number of nitrogens with one attached hydrogen (secondary N) is 2. The predicted octanol–water partition coefficient (Wildman–Crippen LogP) is 3.23. The summed E-state index contributed by atoms with van der Waals surface area (Å²) in [5.74, 6) is 0.120. The van der Waals surface area contributed by atoms with Crippen molar-refractivity contribution < 1.29 is 27.4 Å². The van der Waals surface area contributed by atoms with Crippen LogP contribution >= 0.6 is 0 Å². The second-order valence-corrected chi connectivity index (χ2v) is 6.86. The second kappa shape index (κ2) is 8.20. The van der Waals surface area contributed by atoms with E-state index in [1.165, 1.54) is 25.3 Å². The third-order valence-electron chi connectivity index (χ3n) is 4.75. The van der Waals surface area contributed by atoms with Crippen molar-refractivity contribution in [3.8, 4) is 11.5 Å². The number of benzene rings is 2. The van der Waals surface area contributed by atoms with E-state index in [1.807, 2.05) is 30.3 Å². The monoisotopic (exact) mass is 409 g/mol. The van der Waals surface area contributed by atoms with Crippen molar-refractivity contribution >= 4 is 6.03 Å². The second-order valence-electron chi connectivity index (χ2n) is 6.86. The SMILES string of the molecule is COc1ccc(OC(F)(F)F)cc1CNCC1(c2ccccc2)CN(C)C(=O)N1. The molecule has 0 bridgehead atoms. The third-order valence-corrected chi connectivity index (χ3v) is 4.75. The number of rotatable bonds is 7. The Morgan fingerprint density at radius 1 is 1.21 bits per heavy atom. The summed E-state index contributed by atoms with van der Waals surface area (Å²) < 4.78 is 46.8. The summed E-state index contributed by atoms with van der Waals surface area (Å²) in [6, 6.07) is 13.3. The van der Waals surface area contributed by atoms with Gasteiger partial charge in [0, 0.05) is 25.7 Å². The van der Waals surface area contributed by atoms with Gasteiger partial charge >= 0.3 is 12.4 Å². The lowest BCUT2D eigenvalue weighted by molar-refractivity contribution is -0.274. The molecule has 1 aliphatic heterocycles. The van der Waals surface area contributed by atoms with Gasteiger partial charge in [0.2, 0.25) is 0 Å². The Morgan fingerprint density at radius 2 is 1.93 bits per heavy atom. The maximum Gasteiger partial charge on any atom is 0.573 e. The number of likely N-dealkylation sites (N-methyl/N-ethyl adjacent to an activating group) is 1. The first-order valence-electron chi connectivity index (χ1n) is 8.95. The molecular formula is C20H22F3N3O3. The number of ether oxygens (including phenoxy) is 2. The van der Waals surface area contributed by atoms with Gasteiger partial charge < -0.3 is 25.0 Å². The first-order valence-corrected chi connectivity index (χ1v) is 8.95. The topological polar surface area (TPSA) is 62.8 Å². The van der Waals surface area contributed by atoms with Crippen molar-refractivity contribution in [1.82, 2.24) is 15.5 Å². The van der Waals surface area contributed by atoms with Gasteiger partial charge in [-0.2, -0.15) is 0 Å². The van der Waals surface area contributed by atoms with Gasteiger partial charge in [-0.1, -0.05) is 30.3 Å². The van der Waals surface area contributed by atoms with E-state index in [0.717, 1.165) is 5.56 Å². The van der Waals surface area contributed by atoms with Crippen LogP contribution in [0.4, 0.5) is 18.0 Å². The summed E-state index contributed by atoms with van der Waals surface area (Å²) in [4.78, 5) is 13.7. The molecule has 156 valence electrons. The Hall–Kier alpha value is -2.94. The van der Waals surface area contributed by atoms with Gasteiger partial charge in [0.1, 0.15) is 11.5 Å². The van der Waals surface area contributed by atoms with E-state index >= 15 is 0 Å². The number of halogens is 3. The molecule has 1 aliphatic rings. The molecule has 2 aromatic carbocycles. The quantitative estimate of drug-likeness (QED) is 0.737. The highest BCUT2D eigenvalue weighted by Gasteiger charge is 2.42. The predicted molar refractivity (Wildman–Crippen MR) is 101 cm³/mol. The van der Waals surface area contributed by atoms with Crippen LogP contribution in [-0.2, 0) is 12.1 Å². The van der Waals surface area contributed by atoms with Crippen LogP contribution in [0.2, 0.25) is 0 Å². The van der Waals surface area contributed by atoms with Crippen LogP contribution < -0.4 is 20.1 Å². The first kappa shape index (κ1) is 20.8. The van der Waals surface area contributed by atoms with Gasteiger partial charge in [-0.05, 0) is 23.8 Å². The van der Waals surface area contributed by atoms with Crippen molar-refractivity contribution in [2.45, 2.75) is 18.4 Å². The van der Waals surface area contributed by atoms with Crippen LogP contribution in [-0.4, -0.2) is 44.5 Å². The van der Waals surface area contributed by atoms with Gasteiger partial charge in [0.15, 0.2) is 0 Å². The number of carbonyl (C=O) groups is 1. The molecule has 0 saturated carbocycles. The number of urea groups is 1. The summed E-state index contributed by atoms with van der Waals surface area (Å²) in [5.41, 5.74) is 0.793. The zero-order valence-corrected chi connectivity index (χ0v) is 16.0. The van der Waals surface area contributed by atoms with E-state index in [1.54, 1.807) is 11.9 Å². The van der Waals surface area contributed by atoms with Crippen LogP contribution in [0.1, 0.15) is 11.1 Å². The van der Waals surface area contributed by atoms with E-state index in [0.29, 0.717) is 24.4 Å². The fourth-order valence-corrected chi connectivity index (χ4v) is 3.44. The lowest BCUT2D eigenvalue weighted by Crippen LogP contribution is -2.48. The fourth-order valence-electron chi connectivity index (χ4n) is 3.44. The van der Waals surface area contributed by atoms with Crippen molar-refractivity contribution in [2.24, 2.45) is 0 Å². The largest absolute Gasteiger partial charge is 0.573 e. The molecule has 3 rings (SSSR count). The summed E-state index contributed by atoms with van der Waals surface area (Å²) >= 11 is 0. The summed E-state index contributed by atoms with van der Waals surface area (Å²) in [5, 5.41) is 6.24. The summed E-state index contributed by atoms with van der Waals surface area (Å²) in [6.45, 7) is 1.06. The number of alkyl halides is 3. The molecule has 1 heterocycles. The average molecular weight is 409 g/mol. The molecule has 2 amide bonds. The number of methoxy groups -OCH3 is 1. The lowest BCUT2D eigenvalue weighted by atomic mass is 9.90. The van der Waals surface area contributed by atoms with Gasteiger partial charge in [-0.3, -0.25) is 0 Å². The molecule has 0 aliphatic carbocycles. The molecule has 2 N–H and O–H groups in total. The molecule has 6 nitrogen and oxygen atoms in total. The zero-order valence-electron chi connectivity index (χ0n) is 16.0. The minimum absolute atomic E-state index is 0.186. The Labute approximate surface area is 166 Å². The fraction of sp³-hybridized carbons (Fsp3) is 0.350. The van der Waals surface area contributed by atoms with Crippen molar-refractivity contribution in [1.29, 1.82) is 0 Å². The number of amides is 2. The molecule has 29 heavy (non-hydrogen) atoms. The highest BCUT2D eigenvalue weighted by molar-refractivity contribution is 5.78. The molecule has 0 aromatic heterocycles. The summed E-state index contributed by atoms with van der Waals surface area (Å²) in [7, 11) is 3.15. The highest BCUT2D eigenvalue weighted by atomic mass is 19.4. The van der Waals surface area contributed by atoms with Crippen molar-refractivity contribution in [3.63, 3.8) is 0 Å². The number of nitrogens with zero attached hydrogens (tertiary/aromatic N) is 1. The maximum absolute atomic E-state index is 12.5. The Balaban J connectivity index is 1.76. The molecule has 9 heteroatoms. The van der Waals surface area contributed by atoms with Crippen LogP contribution in [0, 0.1) is 0 Å². The van der Waals surface area contributed by atoms with E-state index < -0.39 is 11.9 Å². The van der Waals surface area contributed by atoms with Crippen molar-refractivity contribution in [3.05, 3.63) is 59.7 Å². The minimum Gasteiger partial charge on any atom is -0.496 e. The Bertz CT molecular complexity index is 861. The van der Waals surface area contributed by atoms with E-state index in [9.17, 15) is 18.0 Å². The lowest BCUT2D eigenvalue weighted by Gasteiger charge is -2.29. The third kappa shape index (κ3) is 4.92. The Morgan fingerprint density at radius 3 is 2.52 bits per heavy atom. The molecular weight excluding hydrogens is 387 g/mol. The van der Waals surface area contributed by atoms with Crippen LogP contribution in [0.5, 0.6) is 11.5 Å². The zero-order chi connectivity index (χ0) is 21.1. The first-order chi connectivity index (χ1) is 13.7.